The van der Waals surface area contributed by atoms with Crippen molar-refractivity contribution in [2.75, 3.05) is 18.1 Å². The van der Waals surface area contributed by atoms with Crippen LogP contribution in [0.25, 0.3) is 11.0 Å². The van der Waals surface area contributed by atoms with E-state index in [1.807, 2.05) is 32.9 Å². The van der Waals surface area contributed by atoms with Crippen LogP contribution in [0.5, 0.6) is 11.5 Å². The van der Waals surface area contributed by atoms with E-state index in [4.69, 9.17) is 13.9 Å². The number of ether oxygens (including phenoxy) is 2. The molecule has 1 unspecified atom stereocenters. The maximum atomic E-state index is 13.7. The van der Waals surface area contributed by atoms with Gasteiger partial charge in [-0.1, -0.05) is 17.7 Å². The number of amides is 1. The molecule has 0 aliphatic carbocycles. The van der Waals surface area contributed by atoms with Gasteiger partial charge in [-0.05, 0) is 56.7 Å². The molecule has 4 aromatic rings. The monoisotopic (exact) mass is 457 g/mol. The molecule has 8 nitrogen and oxygen atoms in total. The Morgan fingerprint density at radius 1 is 0.971 bits per heavy atom. The van der Waals surface area contributed by atoms with Gasteiger partial charge in [0.05, 0.1) is 30.2 Å². The van der Waals surface area contributed by atoms with Gasteiger partial charge in [-0.15, -0.1) is 0 Å². The molecule has 8 heteroatoms. The number of hydrogen-bond donors (Lipinski definition) is 0. The number of aromatic nitrogens is 2. The van der Waals surface area contributed by atoms with E-state index < -0.39 is 11.9 Å². The fourth-order valence-electron chi connectivity index (χ4n) is 4.26. The number of rotatable bonds is 6. The average Bonchev–Trinajstić information content (AvgIpc) is 3.14. The van der Waals surface area contributed by atoms with E-state index in [1.165, 1.54) is 4.90 Å². The predicted molar refractivity (Wildman–Crippen MR) is 127 cm³/mol. The standard InChI is InChI=1S/C26H23N3O5/c1-4-32-19-10-8-16(14-20(19)33-5-2)22-21-23(30)17-13-15(3)7-9-18(17)34-24(21)25(31)29(22)26-27-11-6-12-28-26/h6-14,22H,4-5H2,1-3H3. The Morgan fingerprint density at radius 3 is 2.44 bits per heavy atom. The average molecular weight is 457 g/mol. The minimum absolute atomic E-state index is 0.00866. The van der Waals surface area contributed by atoms with Crippen LogP contribution < -0.4 is 19.8 Å². The van der Waals surface area contributed by atoms with Crippen LogP contribution in [0, 0.1) is 6.92 Å². The molecule has 5 rings (SSSR count). The Labute approximate surface area is 195 Å². The molecule has 2 aromatic heterocycles. The summed E-state index contributed by atoms with van der Waals surface area (Å²) >= 11 is 0. The molecule has 0 bridgehead atoms. The molecule has 0 fully saturated rings. The van der Waals surface area contributed by atoms with Gasteiger partial charge in [0.2, 0.25) is 11.7 Å². The lowest BCUT2D eigenvalue weighted by Crippen LogP contribution is -2.31. The highest BCUT2D eigenvalue weighted by atomic mass is 16.5. The Morgan fingerprint density at radius 2 is 1.71 bits per heavy atom. The fraction of sp³-hybridized carbons (Fsp3) is 0.231. The fourth-order valence-corrected chi connectivity index (χ4v) is 4.26. The van der Waals surface area contributed by atoms with E-state index in [0.29, 0.717) is 41.2 Å². The van der Waals surface area contributed by atoms with Crippen molar-refractivity contribution in [2.24, 2.45) is 0 Å². The summed E-state index contributed by atoms with van der Waals surface area (Å²) < 4.78 is 17.5. The first-order valence-electron chi connectivity index (χ1n) is 11.1. The number of carbonyl (C=O) groups is 1. The van der Waals surface area contributed by atoms with Crippen LogP contribution in [0.4, 0.5) is 5.95 Å². The number of aryl methyl sites for hydroxylation is 1. The Kier molecular flexibility index (Phi) is 5.49. The molecule has 0 saturated carbocycles. The zero-order chi connectivity index (χ0) is 23.8. The molecule has 172 valence electrons. The minimum atomic E-state index is -0.791. The molecule has 2 aromatic carbocycles. The van der Waals surface area contributed by atoms with E-state index >= 15 is 0 Å². The van der Waals surface area contributed by atoms with Crippen LogP contribution in [0.15, 0.2) is 64.1 Å². The third-order valence-corrected chi connectivity index (χ3v) is 5.68. The van der Waals surface area contributed by atoms with Crippen LogP contribution >= 0.6 is 0 Å². The van der Waals surface area contributed by atoms with E-state index in [2.05, 4.69) is 9.97 Å². The largest absolute Gasteiger partial charge is 0.490 e. The summed E-state index contributed by atoms with van der Waals surface area (Å²) in [5, 5.41) is 0.420. The molecule has 1 atom stereocenters. The quantitative estimate of drug-likeness (QED) is 0.422. The van der Waals surface area contributed by atoms with Gasteiger partial charge >= 0.3 is 0 Å². The second-order valence-corrected chi connectivity index (χ2v) is 7.87. The number of anilines is 1. The third-order valence-electron chi connectivity index (χ3n) is 5.68. The summed E-state index contributed by atoms with van der Waals surface area (Å²) in [5.74, 6) is 0.803. The van der Waals surface area contributed by atoms with E-state index in [1.54, 1.807) is 42.7 Å². The second-order valence-electron chi connectivity index (χ2n) is 7.87. The molecular formula is C26H23N3O5. The zero-order valence-electron chi connectivity index (χ0n) is 19.1. The van der Waals surface area contributed by atoms with Gasteiger partial charge in [0.25, 0.3) is 5.91 Å². The van der Waals surface area contributed by atoms with Crippen LogP contribution in [-0.2, 0) is 0 Å². The first kappa shape index (κ1) is 21.6. The number of fused-ring (bicyclic) bond motifs is 2. The van der Waals surface area contributed by atoms with Gasteiger partial charge in [0.1, 0.15) is 5.58 Å². The lowest BCUT2D eigenvalue weighted by atomic mass is 9.98. The minimum Gasteiger partial charge on any atom is -0.490 e. The molecular weight excluding hydrogens is 434 g/mol. The van der Waals surface area contributed by atoms with Crippen molar-refractivity contribution in [3.8, 4) is 11.5 Å². The molecule has 0 spiro atoms. The summed E-state index contributed by atoms with van der Waals surface area (Å²) in [4.78, 5) is 37.3. The topological polar surface area (TPSA) is 94.8 Å². The van der Waals surface area contributed by atoms with E-state index in [0.717, 1.165) is 5.56 Å². The van der Waals surface area contributed by atoms with Gasteiger partial charge in [-0.2, -0.15) is 0 Å². The number of hydrogen-bond acceptors (Lipinski definition) is 7. The summed E-state index contributed by atoms with van der Waals surface area (Å²) in [5.41, 5.74) is 1.93. The highest BCUT2D eigenvalue weighted by molar-refractivity contribution is 6.09. The summed E-state index contributed by atoms with van der Waals surface area (Å²) in [7, 11) is 0. The second kappa shape index (κ2) is 8.62. The molecule has 1 aliphatic rings. The number of carbonyl (C=O) groups excluding carboxylic acids is 1. The maximum Gasteiger partial charge on any atom is 0.297 e. The predicted octanol–water partition coefficient (Wildman–Crippen LogP) is 4.44. The molecule has 3 heterocycles. The van der Waals surface area contributed by atoms with Crippen molar-refractivity contribution in [3.05, 3.63) is 87.5 Å². The van der Waals surface area contributed by atoms with E-state index in [-0.39, 0.29) is 22.7 Å². The van der Waals surface area contributed by atoms with Crippen molar-refractivity contribution in [1.82, 2.24) is 9.97 Å². The summed E-state index contributed by atoms with van der Waals surface area (Å²) in [6.45, 7) is 6.58. The zero-order valence-corrected chi connectivity index (χ0v) is 19.1. The summed E-state index contributed by atoms with van der Waals surface area (Å²) in [6.07, 6.45) is 3.10. The van der Waals surface area contributed by atoms with Crippen molar-refractivity contribution < 1.29 is 18.7 Å². The SMILES string of the molecule is CCOc1ccc(C2c3c(oc4ccc(C)cc4c3=O)C(=O)N2c2ncccn2)cc1OCC. The highest BCUT2D eigenvalue weighted by Gasteiger charge is 2.45. The summed E-state index contributed by atoms with van der Waals surface area (Å²) in [6, 6.07) is 11.6. The molecule has 0 radical (unpaired) electrons. The lowest BCUT2D eigenvalue weighted by Gasteiger charge is -2.24. The normalized spacial score (nSPS) is 15.0. The van der Waals surface area contributed by atoms with Crippen molar-refractivity contribution in [1.29, 1.82) is 0 Å². The van der Waals surface area contributed by atoms with Crippen molar-refractivity contribution in [2.45, 2.75) is 26.8 Å². The molecule has 1 aliphatic heterocycles. The molecule has 0 N–H and O–H groups in total. The van der Waals surface area contributed by atoms with Gasteiger partial charge in [-0.3, -0.25) is 14.5 Å². The van der Waals surface area contributed by atoms with E-state index in [9.17, 15) is 9.59 Å². The van der Waals surface area contributed by atoms with Gasteiger partial charge in [0, 0.05) is 12.4 Å². The van der Waals surface area contributed by atoms with Crippen LogP contribution in [-0.4, -0.2) is 29.1 Å². The Hall–Kier alpha value is -4.20. The van der Waals surface area contributed by atoms with Gasteiger partial charge in [0.15, 0.2) is 16.9 Å². The van der Waals surface area contributed by atoms with Gasteiger partial charge in [-0.25, -0.2) is 9.97 Å². The molecule has 1 amide bonds. The number of benzene rings is 2. The third kappa shape index (κ3) is 3.48. The number of nitrogens with zero attached hydrogens (tertiary/aromatic N) is 3. The smallest absolute Gasteiger partial charge is 0.297 e. The van der Waals surface area contributed by atoms with Crippen LogP contribution in [0.1, 0.15) is 47.1 Å². The first-order valence-corrected chi connectivity index (χ1v) is 11.1. The molecule has 0 saturated heterocycles. The Balaban J connectivity index is 1.78. The first-order chi connectivity index (χ1) is 16.5. The van der Waals surface area contributed by atoms with Crippen molar-refractivity contribution >= 4 is 22.8 Å². The maximum absolute atomic E-state index is 13.7. The van der Waals surface area contributed by atoms with Gasteiger partial charge < -0.3 is 13.9 Å². The van der Waals surface area contributed by atoms with Crippen molar-refractivity contribution in [3.63, 3.8) is 0 Å². The Bertz CT molecular complexity index is 1450. The van der Waals surface area contributed by atoms with Crippen LogP contribution in [0.3, 0.4) is 0 Å². The van der Waals surface area contributed by atoms with Crippen LogP contribution in [0.2, 0.25) is 0 Å². The highest BCUT2D eigenvalue weighted by Crippen LogP contribution is 2.42. The lowest BCUT2D eigenvalue weighted by molar-refractivity contribution is 0.0969. The molecule has 34 heavy (non-hydrogen) atoms.